The van der Waals surface area contributed by atoms with Gasteiger partial charge in [0.05, 0.1) is 6.10 Å². The van der Waals surface area contributed by atoms with E-state index < -0.39 is 0 Å². The Morgan fingerprint density at radius 2 is 2.00 bits per heavy atom. The van der Waals surface area contributed by atoms with Crippen molar-refractivity contribution < 1.29 is 9.53 Å². The predicted molar refractivity (Wildman–Crippen MR) is 52.6 cm³/mol. The molecule has 1 aliphatic rings. The SMILES string of the molecule is CCC(C=O)C1CCC(OC)CC1. The number of ether oxygens (including phenoxy) is 1. The van der Waals surface area contributed by atoms with Crippen LogP contribution >= 0.6 is 0 Å². The highest BCUT2D eigenvalue weighted by molar-refractivity contribution is 5.53. The van der Waals surface area contributed by atoms with Gasteiger partial charge in [0.1, 0.15) is 6.29 Å². The first-order valence-corrected chi connectivity index (χ1v) is 5.29. The third-order valence-electron chi connectivity index (χ3n) is 3.30. The van der Waals surface area contributed by atoms with Crippen LogP contribution in [-0.2, 0) is 9.53 Å². The maximum Gasteiger partial charge on any atom is 0.123 e. The van der Waals surface area contributed by atoms with Crippen LogP contribution in [0, 0.1) is 11.8 Å². The van der Waals surface area contributed by atoms with Gasteiger partial charge in [-0.3, -0.25) is 0 Å². The molecule has 0 aliphatic heterocycles. The Bertz CT molecular complexity index is 148. The Labute approximate surface area is 80.7 Å². The summed E-state index contributed by atoms with van der Waals surface area (Å²) in [5.41, 5.74) is 0. The van der Waals surface area contributed by atoms with Gasteiger partial charge in [-0.25, -0.2) is 0 Å². The van der Waals surface area contributed by atoms with E-state index in [1.165, 1.54) is 0 Å². The van der Waals surface area contributed by atoms with Crippen molar-refractivity contribution in [2.24, 2.45) is 11.8 Å². The molecule has 0 radical (unpaired) electrons. The molecule has 1 saturated carbocycles. The minimum absolute atomic E-state index is 0.290. The number of carbonyl (C=O) groups is 1. The zero-order chi connectivity index (χ0) is 9.68. The van der Waals surface area contributed by atoms with Crippen molar-refractivity contribution in [3.63, 3.8) is 0 Å². The van der Waals surface area contributed by atoms with Gasteiger partial charge < -0.3 is 9.53 Å². The molecule has 0 spiro atoms. The summed E-state index contributed by atoms with van der Waals surface area (Å²) in [6.07, 6.45) is 7.16. The van der Waals surface area contributed by atoms with E-state index in [9.17, 15) is 4.79 Å². The fraction of sp³-hybridized carbons (Fsp3) is 0.909. The van der Waals surface area contributed by atoms with Crippen LogP contribution in [0.1, 0.15) is 39.0 Å². The lowest BCUT2D eigenvalue weighted by Gasteiger charge is -2.30. The number of carbonyl (C=O) groups excluding carboxylic acids is 1. The van der Waals surface area contributed by atoms with Gasteiger partial charge in [-0.05, 0) is 38.0 Å². The Balaban J connectivity index is 2.34. The second-order valence-corrected chi connectivity index (χ2v) is 3.98. The van der Waals surface area contributed by atoms with Crippen LogP contribution in [0.5, 0.6) is 0 Å². The van der Waals surface area contributed by atoms with Gasteiger partial charge in [0.15, 0.2) is 0 Å². The second-order valence-electron chi connectivity index (χ2n) is 3.98. The summed E-state index contributed by atoms with van der Waals surface area (Å²) in [6, 6.07) is 0. The summed E-state index contributed by atoms with van der Waals surface area (Å²) >= 11 is 0. The normalized spacial score (nSPS) is 31.2. The largest absolute Gasteiger partial charge is 0.381 e. The van der Waals surface area contributed by atoms with Crippen LogP contribution < -0.4 is 0 Å². The first kappa shape index (κ1) is 10.7. The molecule has 0 amide bonds. The lowest BCUT2D eigenvalue weighted by Crippen LogP contribution is -2.25. The molecule has 1 aliphatic carbocycles. The van der Waals surface area contributed by atoms with Gasteiger partial charge in [0, 0.05) is 13.0 Å². The summed E-state index contributed by atoms with van der Waals surface area (Å²) < 4.78 is 5.30. The third kappa shape index (κ3) is 2.80. The highest BCUT2D eigenvalue weighted by atomic mass is 16.5. The molecular weight excluding hydrogens is 164 g/mol. The number of aldehydes is 1. The van der Waals surface area contributed by atoms with Crippen LogP contribution in [0.3, 0.4) is 0 Å². The summed E-state index contributed by atoms with van der Waals surface area (Å²) in [6.45, 7) is 2.10. The number of rotatable bonds is 4. The van der Waals surface area contributed by atoms with E-state index in [2.05, 4.69) is 6.92 Å². The first-order valence-electron chi connectivity index (χ1n) is 5.29. The first-order chi connectivity index (χ1) is 6.31. The van der Waals surface area contributed by atoms with Gasteiger partial charge in [-0.1, -0.05) is 6.92 Å². The van der Waals surface area contributed by atoms with Crippen molar-refractivity contribution in [1.29, 1.82) is 0 Å². The molecule has 0 aromatic heterocycles. The van der Waals surface area contributed by atoms with Crippen LogP contribution in [-0.4, -0.2) is 19.5 Å². The Morgan fingerprint density at radius 3 is 2.38 bits per heavy atom. The third-order valence-corrected chi connectivity index (χ3v) is 3.30. The van der Waals surface area contributed by atoms with Crippen molar-refractivity contribution >= 4 is 6.29 Å². The molecule has 76 valence electrons. The summed E-state index contributed by atoms with van der Waals surface area (Å²) in [5.74, 6) is 0.909. The molecule has 2 heteroatoms. The lowest BCUT2D eigenvalue weighted by atomic mass is 9.78. The highest BCUT2D eigenvalue weighted by Gasteiger charge is 2.25. The molecule has 0 bridgehead atoms. The van der Waals surface area contributed by atoms with Crippen LogP contribution in [0.4, 0.5) is 0 Å². The zero-order valence-electron chi connectivity index (χ0n) is 8.66. The molecule has 1 fully saturated rings. The van der Waals surface area contributed by atoms with E-state index in [4.69, 9.17) is 4.74 Å². The summed E-state index contributed by atoms with van der Waals surface area (Å²) in [7, 11) is 1.78. The second kappa shape index (κ2) is 5.38. The predicted octanol–water partition coefficient (Wildman–Crippen LogP) is 2.42. The topological polar surface area (TPSA) is 26.3 Å². The Morgan fingerprint density at radius 1 is 1.38 bits per heavy atom. The molecule has 0 saturated heterocycles. The molecule has 13 heavy (non-hydrogen) atoms. The Hall–Kier alpha value is -0.370. The molecule has 1 rings (SSSR count). The standard InChI is InChI=1S/C11H20O2/c1-3-9(8-12)10-4-6-11(13-2)7-5-10/h8-11H,3-7H2,1-2H3. The van der Waals surface area contributed by atoms with E-state index in [0.717, 1.165) is 38.4 Å². The minimum Gasteiger partial charge on any atom is -0.381 e. The number of methoxy groups -OCH3 is 1. The van der Waals surface area contributed by atoms with Crippen LogP contribution in [0.2, 0.25) is 0 Å². The van der Waals surface area contributed by atoms with E-state index in [1.54, 1.807) is 7.11 Å². The van der Waals surface area contributed by atoms with Crippen LogP contribution in [0.15, 0.2) is 0 Å². The van der Waals surface area contributed by atoms with Crippen molar-refractivity contribution in [2.45, 2.75) is 45.1 Å². The fourth-order valence-electron chi connectivity index (χ4n) is 2.29. The van der Waals surface area contributed by atoms with Crippen LogP contribution in [0.25, 0.3) is 0 Å². The molecule has 0 heterocycles. The quantitative estimate of drug-likeness (QED) is 0.627. The summed E-state index contributed by atoms with van der Waals surface area (Å²) in [5, 5.41) is 0. The maximum atomic E-state index is 10.8. The van der Waals surface area contributed by atoms with Crippen molar-refractivity contribution in [2.75, 3.05) is 7.11 Å². The van der Waals surface area contributed by atoms with Crippen molar-refractivity contribution in [3.05, 3.63) is 0 Å². The molecular formula is C11H20O2. The van der Waals surface area contributed by atoms with Gasteiger partial charge in [-0.15, -0.1) is 0 Å². The van der Waals surface area contributed by atoms with E-state index in [1.807, 2.05) is 0 Å². The van der Waals surface area contributed by atoms with Crippen molar-refractivity contribution in [3.8, 4) is 0 Å². The van der Waals surface area contributed by atoms with Gasteiger partial charge in [0.2, 0.25) is 0 Å². The van der Waals surface area contributed by atoms with E-state index >= 15 is 0 Å². The number of hydrogen-bond donors (Lipinski definition) is 0. The maximum absolute atomic E-state index is 10.8. The van der Waals surface area contributed by atoms with E-state index in [-0.39, 0.29) is 5.92 Å². The monoisotopic (exact) mass is 184 g/mol. The molecule has 0 aromatic carbocycles. The highest BCUT2D eigenvalue weighted by Crippen LogP contribution is 2.31. The number of hydrogen-bond acceptors (Lipinski definition) is 2. The smallest absolute Gasteiger partial charge is 0.123 e. The fourth-order valence-corrected chi connectivity index (χ4v) is 2.29. The van der Waals surface area contributed by atoms with Gasteiger partial charge in [-0.2, -0.15) is 0 Å². The van der Waals surface area contributed by atoms with E-state index in [0.29, 0.717) is 12.0 Å². The zero-order valence-corrected chi connectivity index (χ0v) is 8.66. The molecule has 0 N–H and O–H groups in total. The minimum atomic E-state index is 0.290. The average Bonchev–Trinajstić information content (AvgIpc) is 2.21. The molecule has 1 unspecified atom stereocenters. The average molecular weight is 184 g/mol. The summed E-state index contributed by atoms with van der Waals surface area (Å²) in [4.78, 5) is 10.8. The lowest BCUT2D eigenvalue weighted by molar-refractivity contribution is -0.113. The molecule has 2 nitrogen and oxygen atoms in total. The Kier molecular flexibility index (Phi) is 4.43. The molecule has 0 aromatic rings. The van der Waals surface area contributed by atoms with Crippen molar-refractivity contribution in [1.82, 2.24) is 0 Å². The van der Waals surface area contributed by atoms with Gasteiger partial charge >= 0.3 is 0 Å². The molecule has 1 atom stereocenters. The van der Waals surface area contributed by atoms with Gasteiger partial charge in [0.25, 0.3) is 0 Å².